The molecule has 1 unspecified atom stereocenters. The maximum absolute atomic E-state index is 12.2. The van der Waals surface area contributed by atoms with Crippen LogP contribution in [0.5, 0.6) is 11.5 Å². The van der Waals surface area contributed by atoms with E-state index in [1.807, 2.05) is 6.07 Å². The lowest BCUT2D eigenvalue weighted by Gasteiger charge is -2.25. The van der Waals surface area contributed by atoms with Gasteiger partial charge in [0.2, 0.25) is 11.8 Å². The lowest BCUT2D eigenvalue weighted by molar-refractivity contribution is -0.141. The second kappa shape index (κ2) is 8.61. The number of carbonyl (C=O) groups excluding carboxylic acids is 3. The highest BCUT2D eigenvalue weighted by Crippen LogP contribution is 2.43. The highest BCUT2D eigenvalue weighted by atomic mass is 32.2. The number of nitrogens with zero attached hydrogens (tertiary/aromatic N) is 1. The fourth-order valence-corrected chi connectivity index (χ4v) is 3.57. The molecule has 0 aliphatic carbocycles. The molecule has 9 heteroatoms. The summed E-state index contributed by atoms with van der Waals surface area (Å²) in [4.78, 5) is 36.8. The van der Waals surface area contributed by atoms with Crippen LogP contribution in [-0.2, 0) is 19.1 Å². The summed E-state index contributed by atoms with van der Waals surface area (Å²) in [5, 5.41) is 2.08. The molecule has 1 aromatic rings. The number of thioether (sulfide) groups is 1. The maximum Gasteiger partial charge on any atom is 0.325 e. The number of nitrogens with one attached hydrogen (secondary N) is 1. The van der Waals surface area contributed by atoms with Gasteiger partial charge in [0, 0.05) is 11.6 Å². The van der Waals surface area contributed by atoms with E-state index in [1.54, 1.807) is 19.2 Å². The molecule has 1 heterocycles. The van der Waals surface area contributed by atoms with Gasteiger partial charge in [0.25, 0.3) is 0 Å². The molecule has 1 aliphatic rings. The summed E-state index contributed by atoms with van der Waals surface area (Å²) in [5.74, 6) is 0.344. The molecule has 2 rings (SSSR count). The largest absolute Gasteiger partial charge is 0.497 e. The molecule has 0 saturated carbocycles. The van der Waals surface area contributed by atoms with Gasteiger partial charge in [-0.3, -0.25) is 14.4 Å². The highest BCUT2D eigenvalue weighted by Gasteiger charge is 2.35. The summed E-state index contributed by atoms with van der Waals surface area (Å²) in [6.07, 6.45) is 0. The minimum absolute atomic E-state index is 0.150. The fourth-order valence-electron chi connectivity index (χ4n) is 2.36. The molecule has 2 amide bonds. The van der Waals surface area contributed by atoms with Gasteiger partial charge in [0.1, 0.15) is 30.0 Å². The van der Waals surface area contributed by atoms with Crippen LogP contribution < -0.4 is 14.8 Å². The summed E-state index contributed by atoms with van der Waals surface area (Å²) in [6, 6.07) is 5.32. The maximum atomic E-state index is 12.2. The Hall–Kier alpha value is -2.42. The Morgan fingerprint density at radius 2 is 2.04 bits per heavy atom. The van der Waals surface area contributed by atoms with Crippen LogP contribution in [0.15, 0.2) is 18.2 Å². The number of methoxy groups -OCH3 is 3. The predicted molar refractivity (Wildman–Crippen MR) is 91.5 cm³/mol. The van der Waals surface area contributed by atoms with Gasteiger partial charge in [-0.25, -0.2) is 0 Å². The van der Waals surface area contributed by atoms with Crippen LogP contribution in [0.25, 0.3) is 0 Å². The minimum Gasteiger partial charge on any atom is -0.497 e. The van der Waals surface area contributed by atoms with Crippen LogP contribution in [0.1, 0.15) is 10.9 Å². The van der Waals surface area contributed by atoms with Crippen molar-refractivity contribution in [2.24, 2.45) is 0 Å². The summed E-state index contributed by atoms with van der Waals surface area (Å²) >= 11 is 1.41. The van der Waals surface area contributed by atoms with E-state index >= 15 is 0 Å². The summed E-state index contributed by atoms with van der Waals surface area (Å²) in [7, 11) is 4.33. The molecule has 1 aromatic carbocycles. The van der Waals surface area contributed by atoms with Crippen molar-refractivity contribution in [1.29, 1.82) is 0 Å². The SMILES string of the molecule is COC(=O)CNC(=O)CN1C(=O)CSC1c1ccc(OC)cc1OC. The molecular weight excluding hydrogens is 348 g/mol. The van der Waals surface area contributed by atoms with Gasteiger partial charge in [0.05, 0.1) is 27.1 Å². The normalized spacial score (nSPS) is 16.5. The van der Waals surface area contributed by atoms with Gasteiger partial charge in [-0.2, -0.15) is 0 Å². The number of benzene rings is 1. The molecule has 0 radical (unpaired) electrons. The number of ether oxygens (including phenoxy) is 3. The van der Waals surface area contributed by atoms with E-state index < -0.39 is 11.9 Å². The fraction of sp³-hybridized carbons (Fsp3) is 0.438. The van der Waals surface area contributed by atoms with Gasteiger partial charge in [-0.05, 0) is 12.1 Å². The molecule has 136 valence electrons. The average Bonchev–Trinajstić information content (AvgIpc) is 2.99. The molecule has 0 bridgehead atoms. The predicted octanol–water partition coefficient (Wildman–Crippen LogP) is 0.567. The molecule has 0 spiro atoms. The Labute approximate surface area is 149 Å². The summed E-state index contributed by atoms with van der Waals surface area (Å²) < 4.78 is 15.0. The van der Waals surface area contributed by atoms with E-state index in [2.05, 4.69) is 10.1 Å². The monoisotopic (exact) mass is 368 g/mol. The van der Waals surface area contributed by atoms with Gasteiger partial charge in [-0.1, -0.05) is 0 Å². The van der Waals surface area contributed by atoms with Crippen molar-refractivity contribution in [2.75, 3.05) is 40.2 Å². The van der Waals surface area contributed by atoms with Crippen molar-refractivity contribution >= 4 is 29.5 Å². The molecule has 8 nitrogen and oxygen atoms in total. The summed E-state index contributed by atoms with van der Waals surface area (Å²) in [5.41, 5.74) is 0.778. The number of hydrogen-bond acceptors (Lipinski definition) is 7. The van der Waals surface area contributed by atoms with Crippen molar-refractivity contribution < 1.29 is 28.6 Å². The quantitative estimate of drug-likeness (QED) is 0.703. The van der Waals surface area contributed by atoms with Gasteiger partial charge >= 0.3 is 5.97 Å². The molecule has 1 fully saturated rings. The first-order chi connectivity index (χ1) is 12.0. The lowest BCUT2D eigenvalue weighted by atomic mass is 10.1. The zero-order valence-electron chi connectivity index (χ0n) is 14.2. The average molecular weight is 368 g/mol. The Balaban J connectivity index is 2.13. The van der Waals surface area contributed by atoms with Crippen LogP contribution in [0.4, 0.5) is 0 Å². The third-order valence-corrected chi connectivity index (χ3v) is 4.88. The first-order valence-corrected chi connectivity index (χ1v) is 8.51. The van der Waals surface area contributed by atoms with Crippen molar-refractivity contribution in [3.8, 4) is 11.5 Å². The number of carbonyl (C=O) groups is 3. The van der Waals surface area contributed by atoms with Crippen LogP contribution in [0, 0.1) is 0 Å². The zero-order chi connectivity index (χ0) is 18.4. The first kappa shape index (κ1) is 18.9. The highest BCUT2D eigenvalue weighted by molar-refractivity contribution is 8.00. The number of hydrogen-bond donors (Lipinski definition) is 1. The molecule has 0 aromatic heterocycles. The molecule has 1 N–H and O–H groups in total. The number of esters is 1. The van der Waals surface area contributed by atoms with Crippen LogP contribution in [0.2, 0.25) is 0 Å². The first-order valence-electron chi connectivity index (χ1n) is 7.46. The smallest absolute Gasteiger partial charge is 0.325 e. The van der Waals surface area contributed by atoms with E-state index in [-0.39, 0.29) is 30.1 Å². The topological polar surface area (TPSA) is 94.2 Å². The molecule has 25 heavy (non-hydrogen) atoms. The van der Waals surface area contributed by atoms with Crippen molar-refractivity contribution in [2.45, 2.75) is 5.37 Å². The third kappa shape index (κ3) is 4.56. The van der Waals surface area contributed by atoms with Gasteiger partial charge in [0.15, 0.2) is 0 Å². The van der Waals surface area contributed by atoms with E-state index in [4.69, 9.17) is 9.47 Å². The van der Waals surface area contributed by atoms with Crippen LogP contribution in [0.3, 0.4) is 0 Å². The van der Waals surface area contributed by atoms with Crippen molar-refractivity contribution in [3.05, 3.63) is 23.8 Å². The van der Waals surface area contributed by atoms with E-state index in [0.29, 0.717) is 11.5 Å². The standard InChI is InChI=1S/C16H20N2O6S/c1-22-10-4-5-11(12(6-10)23-2)16-18(14(20)9-25-16)8-13(19)17-7-15(21)24-3/h4-6,16H,7-9H2,1-3H3,(H,17,19). The molecule has 1 atom stereocenters. The minimum atomic E-state index is -0.552. The van der Waals surface area contributed by atoms with Gasteiger partial charge < -0.3 is 24.4 Å². The lowest BCUT2D eigenvalue weighted by Crippen LogP contribution is -2.41. The Morgan fingerprint density at radius 1 is 1.28 bits per heavy atom. The molecule has 1 saturated heterocycles. The van der Waals surface area contributed by atoms with Crippen LogP contribution >= 0.6 is 11.8 Å². The van der Waals surface area contributed by atoms with Crippen molar-refractivity contribution in [3.63, 3.8) is 0 Å². The Morgan fingerprint density at radius 3 is 2.68 bits per heavy atom. The van der Waals surface area contributed by atoms with Crippen molar-refractivity contribution in [1.82, 2.24) is 10.2 Å². The number of rotatable bonds is 7. The third-order valence-electron chi connectivity index (χ3n) is 3.65. The zero-order valence-corrected chi connectivity index (χ0v) is 15.1. The Bertz CT molecular complexity index is 666. The number of amides is 2. The molecule has 1 aliphatic heterocycles. The Kier molecular flexibility index (Phi) is 6.51. The second-order valence-electron chi connectivity index (χ2n) is 5.15. The van der Waals surface area contributed by atoms with Crippen LogP contribution in [-0.4, -0.2) is 62.9 Å². The summed E-state index contributed by atoms with van der Waals surface area (Å²) in [6.45, 7) is -0.385. The van der Waals surface area contributed by atoms with E-state index in [0.717, 1.165) is 5.56 Å². The second-order valence-corrected chi connectivity index (χ2v) is 6.21. The van der Waals surface area contributed by atoms with Gasteiger partial charge in [-0.15, -0.1) is 11.8 Å². The van der Waals surface area contributed by atoms with E-state index in [1.165, 1.54) is 30.9 Å². The van der Waals surface area contributed by atoms with E-state index in [9.17, 15) is 14.4 Å². The molecular formula is C16H20N2O6S.